The second-order valence-electron chi connectivity index (χ2n) is 6.35. The number of benzene rings is 2. The molecular weight excluding hydrogens is 362 g/mol. The Morgan fingerprint density at radius 1 is 1.04 bits per heavy atom. The first-order valence-corrected chi connectivity index (χ1v) is 9.15. The van der Waals surface area contributed by atoms with Gasteiger partial charge in [-0.2, -0.15) is 0 Å². The molecule has 0 saturated carbocycles. The molecule has 27 heavy (non-hydrogen) atoms. The maximum atomic E-state index is 12.5. The van der Waals surface area contributed by atoms with Crippen molar-refractivity contribution in [3.63, 3.8) is 0 Å². The largest absolute Gasteiger partial charge is 0.457 e. The van der Waals surface area contributed by atoms with E-state index in [1.165, 1.54) is 11.8 Å². The van der Waals surface area contributed by atoms with Crippen molar-refractivity contribution in [2.75, 3.05) is 0 Å². The molecule has 2 heterocycles. The van der Waals surface area contributed by atoms with Crippen molar-refractivity contribution in [3.8, 4) is 11.3 Å². The number of hydrogen-bond donors (Lipinski definition) is 0. The second-order valence-corrected chi connectivity index (χ2v) is 7.43. The lowest BCUT2D eigenvalue weighted by Gasteiger charge is -2.05. The normalized spacial score (nSPS) is 14.6. The summed E-state index contributed by atoms with van der Waals surface area (Å²) >= 11 is 1.43. The van der Waals surface area contributed by atoms with Crippen LogP contribution in [0, 0.1) is 24.0 Å². The van der Waals surface area contributed by atoms with E-state index in [0.29, 0.717) is 27.6 Å². The molecule has 0 atom stereocenters. The minimum absolute atomic E-state index is 0.00379. The predicted octanol–water partition coefficient (Wildman–Crippen LogP) is 5.80. The summed E-state index contributed by atoms with van der Waals surface area (Å²) in [4.78, 5) is 24.7. The van der Waals surface area contributed by atoms with Crippen LogP contribution in [0.25, 0.3) is 17.4 Å². The topological polar surface area (TPSA) is 73.3 Å². The molecule has 2 aromatic carbocycles. The molecule has 3 aromatic rings. The van der Waals surface area contributed by atoms with Crippen molar-refractivity contribution in [1.82, 2.24) is 0 Å². The third kappa shape index (κ3) is 3.08. The number of carbonyl (C=O) groups excluding carboxylic acids is 1. The maximum absolute atomic E-state index is 12.5. The second kappa shape index (κ2) is 6.55. The first-order chi connectivity index (χ1) is 12.9. The molecular formula is C21H15NO4S. The molecule has 6 heteroatoms. The lowest BCUT2D eigenvalue weighted by Crippen LogP contribution is -1.94. The molecule has 0 bridgehead atoms. The highest BCUT2D eigenvalue weighted by Gasteiger charge is 2.25. The Kier molecular flexibility index (Phi) is 4.20. The average Bonchev–Trinajstić information content (AvgIpc) is 3.22. The van der Waals surface area contributed by atoms with E-state index < -0.39 is 0 Å². The van der Waals surface area contributed by atoms with Gasteiger partial charge in [0.05, 0.1) is 9.83 Å². The van der Waals surface area contributed by atoms with E-state index in [4.69, 9.17) is 4.42 Å². The number of carbonyl (C=O) groups is 1. The Labute approximate surface area is 159 Å². The fourth-order valence-electron chi connectivity index (χ4n) is 3.10. The van der Waals surface area contributed by atoms with Crippen LogP contribution < -0.4 is 0 Å². The molecule has 0 spiro atoms. The van der Waals surface area contributed by atoms with Crippen molar-refractivity contribution in [3.05, 3.63) is 86.0 Å². The smallest absolute Gasteiger partial charge is 0.272 e. The minimum atomic E-state index is -0.384. The van der Waals surface area contributed by atoms with Crippen molar-refractivity contribution in [1.29, 1.82) is 0 Å². The Morgan fingerprint density at radius 3 is 2.56 bits per heavy atom. The number of hydrogen-bond acceptors (Lipinski definition) is 5. The third-order valence-corrected chi connectivity index (χ3v) is 5.58. The molecule has 5 nitrogen and oxygen atoms in total. The molecule has 0 N–H and O–H groups in total. The summed E-state index contributed by atoms with van der Waals surface area (Å²) in [6.07, 6.45) is 1.74. The summed E-state index contributed by atoms with van der Waals surface area (Å²) < 4.78 is 5.90. The molecule has 0 amide bonds. The Balaban J connectivity index is 1.67. The van der Waals surface area contributed by atoms with Gasteiger partial charge >= 0.3 is 0 Å². The summed E-state index contributed by atoms with van der Waals surface area (Å²) in [7, 11) is 0. The van der Waals surface area contributed by atoms with Crippen LogP contribution in [0.3, 0.4) is 0 Å². The van der Waals surface area contributed by atoms with Gasteiger partial charge in [-0.05, 0) is 55.8 Å². The van der Waals surface area contributed by atoms with Crippen LogP contribution in [0.1, 0.15) is 27.2 Å². The van der Waals surface area contributed by atoms with E-state index in [2.05, 4.69) is 0 Å². The third-order valence-electron chi connectivity index (χ3n) is 4.48. The van der Waals surface area contributed by atoms with Gasteiger partial charge in [0, 0.05) is 27.7 Å². The number of thioether (sulfide) groups is 1. The standard InChI is InChI=1S/C21H15NO4S/c1-12-10-17(22(24)25)13(2)9-16(12)18-8-7-14(26-18)11-20-21(23)15-5-3-4-6-19(15)27-20/h3-11H,1-2H3/b20-11+. The van der Waals surface area contributed by atoms with Crippen LogP contribution in [0.2, 0.25) is 0 Å². The number of Topliss-reactive ketones (excluding diaryl/α,β-unsaturated/α-hetero) is 1. The Bertz CT molecular complexity index is 1130. The summed E-state index contributed by atoms with van der Waals surface area (Å²) in [5.41, 5.74) is 2.95. The molecule has 0 fully saturated rings. The maximum Gasteiger partial charge on any atom is 0.272 e. The molecule has 1 aromatic heterocycles. The molecule has 0 aliphatic carbocycles. The highest BCUT2D eigenvalue weighted by Crippen LogP contribution is 2.41. The zero-order valence-corrected chi connectivity index (χ0v) is 15.5. The van der Waals surface area contributed by atoms with Crippen molar-refractivity contribution >= 4 is 29.3 Å². The number of nitro groups is 1. The molecule has 0 saturated heterocycles. The molecule has 1 aliphatic heterocycles. The fourth-order valence-corrected chi connectivity index (χ4v) is 4.14. The average molecular weight is 377 g/mol. The molecule has 4 rings (SSSR count). The predicted molar refractivity (Wildman–Crippen MR) is 105 cm³/mol. The van der Waals surface area contributed by atoms with Crippen LogP contribution in [-0.4, -0.2) is 10.7 Å². The number of fused-ring (bicyclic) bond motifs is 1. The number of rotatable bonds is 3. The number of aryl methyl sites for hydroxylation is 2. The lowest BCUT2D eigenvalue weighted by molar-refractivity contribution is -0.385. The van der Waals surface area contributed by atoms with Crippen molar-refractivity contribution in [2.45, 2.75) is 18.7 Å². The summed E-state index contributed by atoms with van der Waals surface area (Å²) in [6.45, 7) is 3.52. The number of allylic oxidation sites excluding steroid dienone is 1. The van der Waals surface area contributed by atoms with E-state index in [9.17, 15) is 14.9 Å². The fraction of sp³-hybridized carbons (Fsp3) is 0.0952. The first-order valence-electron chi connectivity index (χ1n) is 8.33. The SMILES string of the molecule is Cc1cc([N+](=O)[O-])c(C)cc1-c1ccc(/C=C2/Sc3ccccc3C2=O)o1. The van der Waals surface area contributed by atoms with E-state index in [1.54, 1.807) is 31.2 Å². The number of nitro benzene ring substituents is 1. The number of furan rings is 1. The Hall–Kier alpha value is -3.12. The Morgan fingerprint density at radius 2 is 1.81 bits per heavy atom. The highest BCUT2D eigenvalue weighted by atomic mass is 32.2. The quantitative estimate of drug-likeness (QED) is 0.327. The van der Waals surface area contributed by atoms with Crippen LogP contribution in [-0.2, 0) is 0 Å². The van der Waals surface area contributed by atoms with Crippen LogP contribution >= 0.6 is 11.8 Å². The number of ketones is 1. The van der Waals surface area contributed by atoms with E-state index in [1.807, 2.05) is 37.3 Å². The van der Waals surface area contributed by atoms with Crippen molar-refractivity contribution in [2.24, 2.45) is 0 Å². The van der Waals surface area contributed by atoms with Gasteiger partial charge < -0.3 is 4.42 Å². The van der Waals surface area contributed by atoms with E-state index >= 15 is 0 Å². The highest BCUT2D eigenvalue weighted by molar-refractivity contribution is 8.04. The first kappa shape index (κ1) is 17.3. The van der Waals surface area contributed by atoms with Gasteiger partial charge in [-0.15, -0.1) is 0 Å². The van der Waals surface area contributed by atoms with Gasteiger partial charge in [-0.1, -0.05) is 23.9 Å². The van der Waals surface area contributed by atoms with Gasteiger partial charge in [0.2, 0.25) is 5.78 Å². The summed E-state index contributed by atoms with van der Waals surface area (Å²) in [5.74, 6) is 1.19. The van der Waals surface area contributed by atoms with Gasteiger partial charge in [0.1, 0.15) is 11.5 Å². The molecule has 0 unspecified atom stereocenters. The van der Waals surface area contributed by atoms with Gasteiger partial charge in [-0.3, -0.25) is 14.9 Å². The molecule has 1 aliphatic rings. The van der Waals surface area contributed by atoms with E-state index in [0.717, 1.165) is 16.0 Å². The van der Waals surface area contributed by atoms with Crippen molar-refractivity contribution < 1.29 is 14.1 Å². The minimum Gasteiger partial charge on any atom is -0.457 e. The molecule has 134 valence electrons. The summed E-state index contributed by atoms with van der Waals surface area (Å²) in [6, 6.07) is 14.4. The lowest BCUT2D eigenvalue weighted by atomic mass is 10.0. The zero-order chi connectivity index (χ0) is 19.1. The zero-order valence-electron chi connectivity index (χ0n) is 14.7. The van der Waals surface area contributed by atoms with Gasteiger partial charge in [-0.25, -0.2) is 0 Å². The van der Waals surface area contributed by atoms with Gasteiger partial charge in [0.25, 0.3) is 5.69 Å². The van der Waals surface area contributed by atoms with Crippen LogP contribution in [0.15, 0.2) is 62.7 Å². The van der Waals surface area contributed by atoms with E-state index in [-0.39, 0.29) is 16.4 Å². The molecule has 0 radical (unpaired) electrons. The van der Waals surface area contributed by atoms with Crippen LogP contribution in [0.4, 0.5) is 5.69 Å². The monoisotopic (exact) mass is 377 g/mol. The van der Waals surface area contributed by atoms with Crippen LogP contribution in [0.5, 0.6) is 0 Å². The van der Waals surface area contributed by atoms with Gasteiger partial charge in [0.15, 0.2) is 0 Å². The summed E-state index contributed by atoms with van der Waals surface area (Å²) in [5, 5.41) is 11.1. The number of nitrogens with zero attached hydrogens (tertiary/aromatic N) is 1.